The molecule has 30 heavy (non-hydrogen) atoms. The highest BCUT2D eigenvalue weighted by Gasteiger charge is 2.01. The maximum atomic E-state index is 10.1. The van der Waals surface area contributed by atoms with Crippen LogP contribution in [0.5, 0.6) is 5.75 Å². The van der Waals surface area contributed by atoms with E-state index in [1.54, 1.807) is 12.3 Å². The van der Waals surface area contributed by atoms with Crippen LogP contribution >= 0.6 is 0 Å². The van der Waals surface area contributed by atoms with Crippen LogP contribution in [0.1, 0.15) is 76.0 Å². The van der Waals surface area contributed by atoms with Gasteiger partial charge in [-0.15, -0.1) is 0 Å². The molecule has 162 valence electrons. The molecule has 0 heterocycles. The normalized spacial score (nSPS) is 11.6. The number of hydrogen-bond donors (Lipinski definition) is 1. The van der Waals surface area contributed by atoms with Gasteiger partial charge in [0.05, 0.1) is 0 Å². The highest BCUT2D eigenvalue weighted by molar-refractivity contribution is 5.85. The zero-order chi connectivity index (χ0) is 21.6. The molecule has 2 aromatic carbocycles. The topological polar surface area (TPSA) is 35.8 Å². The van der Waals surface area contributed by atoms with Gasteiger partial charge in [-0.05, 0) is 55.7 Å². The molecule has 1 N–H and O–H groups in total. The lowest BCUT2D eigenvalue weighted by Crippen LogP contribution is -2.21. The molecular weight excluding hydrogens is 368 g/mol. The van der Waals surface area contributed by atoms with Crippen molar-refractivity contribution in [3.05, 3.63) is 59.2 Å². The Labute approximate surface area is 183 Å². The molecular formula is C27H38N2O. The average Bonchev–Trinajstić information content (AvgIpc) is 2.77. The summed E-state index contributed by atoms with van der Waals surface area (Å²) in [4.78, 5) is 6.85. The Kier molecular flexibility index (Phi) is 10.8. The maximum absolute atomic E-state index is 10.1. The molecule has 0 radical (unpaired) electrons. The van der Waals surface area contributed by atoms with E-state index in [0.29, 0.717) is 0 Å². The number of aliphatic imine (C=N–C) groups is 1. The van der Waals surface area contributed by atoms with Gasteiger partial charge in [0.15, 0.2) is 0 Å². The van der Waals surface area contributed by atoms with Crippen LogP contribution in [-0.4, -0.2) is 31.0 Å². The molecule has 0 saturated heterocycles. The number of anilines is 1. The Morgan fingerprint density at radius 2 is 1.43 bits per heavy atom. The van der Waals surface area contributed by atoms with Crippen molar-refractivity contribution in [2.24, 2.45) is 4.99 Å². The van der Waals surface area contributed by atoms with Crippen LogP contribution in [0.25, 0.3) is 12.2 Å². The number of aromatic hydroxyl groups is 1. The molecule has 0 fully saturated rings. The number of nitrogens with zero attached hydrogens (tertiary/aromatic N) is 2. The first kappa shape index (κ1) is 23.7. The molecule has 0 aliphatic heterocycles. The Bertz CT molecular complexity index is 789. The fraction of sp³-hybridized carbons (Fsp3) is 0.444. The van der Waals surface area contributed by atoms with Crippen molar-refractivity contribution in [2.45, 2.75) is 59.3 Å². The van der Waals surface area contributed by atoms with Crippen molar-refractivity contribution in [3.63, 3.8) is 0 Å². The molecule has 0 spiro atoms. The van der Waals surface area contributed by atoms with Crippen LogP contribution in [0.2, 0.25) is 0 Å². The van der Waals surface area contributed by atoms with Crippen molar-refractivity contribution in [1.82, 2.24) is 0 Å². The number of phenolic OH excluding ortho intramolecular Hbond substituents is 1. The number of rotatable bonds is 13. The largest absolute Gasteiger partial charge is 0.507 e. The summed E-state index contributed by atoms with van der Waals surface area (Å²) >= 11 is 0. The molecule has 0 saturated carbocycles. The van der Waals surface area contributed by atoms with Crippen molar-refractivity contribution in [2.75, 3.05) is 24.5 Å². The monoisotopic (exact) mass is 406 g/mol. The Morgan fingerprint density at radius 1 is 0.800 bits per heavy atom. The number of phenols is 1. The lowest BCUT2D eigenvalue weighted by Gasteiger charge is -2.20. The second-order valence-electron chi connectivity index (χ2n) is 7.72. The highest BCUT2D eigenvalue weighted by Crippen LogP contribution is 2.20. The molecule has 3 nitrogen and oxygen atoms in total. The Balaban J connectivity index is 1.92. The van der Waals surface area contributed by atoms with Crippen LogP contribution in [0.15, 0.2) is 47.5 Å². The summed E-state index contributed by atoms with van der Waals surface area (Å²) in [7, 11) is 0. The Hall–Kier alpha value is -2.55. The molecule has 0 unspecified atom stereocenters. The van der Waals surface area contributed by atoms with E-state index in [1.807, 2.05) is 12.1 Å². The van der Waals surface area contributed by atoms with E-state index < -0.39 is 0 Å². The van der Waals surface area contributed by atoms with Crippen LogP contribution in [0.4, 0.5) is 5.69 Å². The minimum absolute atomic E-state index is 0.280. The van der Waals surface area contributed by atoms with E-state index in [-0.39, 0.29) is 5.75 Å². The summed E-state index contributed by atoms with van der Waals surface area (Å²) in [6.45, 7) is 9.45. The summed E-state index contributed by atoms with van der Waals surface area (Å²) in [6, 6.07) is 14.3. The van der Waals surface area contributed by atoms with E-state index in [1.165, 1.54) is 37.8 Å². The predicted octanol–water partition coefficient (Wildman–Crippen LogP) is 7.19. The van der Waals surface area contributed by atoms with E-state index in [2.05, 4.69) is 67.1 Å². The van der Waals surface area contributed by atoms with Gasteiger partial charge in [-0.3, -0.25) is 4.99 Å². The molecule has 0 aromatic heterocycles. The number of hydrogen-bond acceptors (Lipinski definition) is 3. The molecule has 0 aliphatic carbocycles. The van der Waals surface area contributed by atoms with Gasteiger partial charge in [0.2, 0.25) is 0 Å². The smallest absolute Gasteiger partial charge is 0.124 e. The van der Waals surface area contributed by atoms with Gasteiger partial charge in [0.1, 0.15) is 5.75 Å². The summed E-state index contributed by atoms with van der Waals surface area (Å²) < 4.78 is 0. The summed E-state index contributed by atoms with van der Waals surface area (Å²) in [5.41, 5.74) is 4.25. The van der Waals surface area contributed by atoms with E-state index in [9.17, 15) is 5.11 Å². The van der Waals surface area contributed by atoms with E-state index in [0.717, 1.165) is 42.7 Å². The second kappa shape index (κ2) is 13.6. The van der Waals surface area contributed by atoms with Crippen LogP contribution < -0.4 is 4.90 Å². The van der Waals surface area contributed by atoms with Gasteiger partial charge in [0.25, 0.3) is 0 Å². The molecule has 0 aliphatic rings. The summed E-state index contributed by atoms with van der Waals surface area (Å²) in [5, 5.41) is 10.1. The van der Waals surface area contributed by atoms with Gasteiger partial charge in [-0.1, -0.05) is 69.4 Å². The number of benzene rings is 2. The third kappa shape index (κ3) is 8.06. The lowest BCUT2D eigenvalue weighted by molar-refractivity contribution is 0.474. The third-order valence-electron chi connectivity index (χ3n) is 5.41. The first-order chi connectivity index (χ1) is 14.7. The van der Waals surface area contributed by atoms with Gasteiger partial charge in [-0.2, -0.15) is 0 Å². The quantitative estimate of drug-likeness (QED) is 0.217. The highest BCUT2D eigenvalue weighted by atomic mass is 16.3. The molecule has 0 amide bonds. The standard InChI is InChI=1S/C27H38N2O/c1-4-7-8-9-10-11-20-28-22-25-21-24(16-19-27(25)30)13-12-23-14-17-26(18-15-23)29(5-2)6-3/h12-19,21-22,30H,4-11,20H2,1-3H3/b13-12+,28-22?. The first-order valence-corrected chi connectivity index (χ1v) is 11.5. The minimum Gasteiger partial charge on any atom is -0.507 e. The fourth-order valence-electron chi connectivity index (χ4n) is 3.50. The van der Waals surface area contributed by atoms with Crippen LogP contribution in [0.3, 0.4) is 0 Å². The molecule has 0 atom stereocenters. The van der Waals surface area contributed by atoms with Crippen molar-refractivity contribution in [3.8, 4) is 5.75 Å². The average molecular weight is 407 g/mol. The van der Waals surface area contributed by atoms with Crippen LogP contribution in [-0.2, 0) is 0 Å². The molecule has 3 heteroatoms. The van der Waals surface area contributed by atoms with Crippen molar-refractivity contribution in [1.29, 1.82) is 0 Å². The third-order valence-corrected chi connectivity index (χ3v) is 5.41. The van der Waals surface area contributed by atoms with Gasteiger partial charge in [-0.25, -0.2) is 0 Å². The number of unbranched alkanes of at least 4 members (excludes halogenated alkanes) is 5. The fourth-order valence-corrected chi connectivity index (χ4v) is 3.50. The SMILES string of the molecule is CCCCCCCCN=Cc1cc(/C=C/c2ccc(N(CC)CC)cc2)ccc1O. The lowest BCUT2D eigenvalue weighted by atomic mass is 10.1. The van der Waals surface area contributed by atoms with E-state index >= 15 is 0 Å². The summed E-state index contributed by atoms with van der Waals surface area (Å²) in [6.07, 6.45) is 13.6. The zero-order valence-electron chi connectivity index (χ0n) is 19.0. The second-order valence-corrected chi connectivity index (χ2v) is 7.72. The first-order valence-electron chi connectivity index (χ1n) is 11.5. The molecule has 2 aromatic rings. The Morgan fingerprint density at radius 3 is 2.13 bits per heavy atom. The maximum Gasteiger partial charge on any atom is 0.124 e. The van der Waals surface area contributed by atoms with Crippen molar-refractivity contribution < 1.29 is 5.11 Å². The zero-order valence-corrected chi connectivity index (χ0v) is 19.0. The van der Waals surface area contributed by atoms with E-state index in [4.69, 9.17) is 0 Å². The molecule has 0 bridgehead atoms. The van der Waals surface area contributed by atoms with Crippen LogP contribution in [0, 0.1) is 0 Å². The van der Waals surface area contributed by atoms with Gasteiger partial charge < -0.3 is 10.0 Å². The molecule has 2 rings (SSSR count). The predicted molar refractivity (Wildman–Crippen MR) is 133 cm³/mol. The minimum atomic E-state index is 0.280. The van der Waals surface area contributed by atoms with Crippen molar-refractivity contribution >= 4 is 24.1 Å². The summed E-state index contributed by atoms with van der Waals surface area (Å²) in [5.74, 6) is 0.280. The van der Waals surface area contributed by atoms with Gasteiger partial charge in [0, 0.05) is 37.1 Å². The van der Waals surface area contributed by atoms with Gasteiger partial charge >= 0.3 is 0 Å².